The summed E-state index contributed by atoms with van der Waals surface area (Å²) in [5.74, 6) is -1.41. The number of carboxylic acids is 1. The second kappa shape index (κ2) is 5.98. The van der Waals surface area contributed by atoms with Crippen LogP contribution in [0.5, 0.6) is 0 Å². The van der Waals surface area contributed by atoms with Gasteiger partial charge in [-0.05, 0) is 12.8 Å². The van der Waals surface area contributed by atoms with Crippen LogP contribution in [0.3, 0.4) is 0 Å². The van der Waals surface area contributed by atoms with Crippen LogP contribution in [0.2, 0.25) is 0 Å². The normalized spacial score (nSPS) is 13.9. The number of carboxylic acid groups (broad SMARTS) is 1. The minimum absolute atomic E-state index is 0.102. The quantitative estimate of drug-likeness (QED) is 0.629. The van der Waals surface area contributed by atoms with Gasteiger partial charge in [0.15, 0.2) is 15.1 Å². The summed E-state index contributed by atoms with van der Waals surface area (Å²) in [4.78, 5) is 10.6. The number of hydrogen-bond acceptors (Lipinski definition) is 4. The first-order valence-corrected chi connectivity index (χ1v) is 6.10. The molecule has 0 radical (unpaired) electrons. The Morgan fingerprint density at radius 2 is 2.07 bits per heavy atom. The van der Waals surface area contributed by atoms with Gasteiger partial charge in [0.2, 0.25) is 0 Å². The molecular weight excluding hydrogens is 208 g/mol. The predicted octanol–water partition coefficient (Wildman–Crippen LogP) is 0.301. The molecule has 1 N–H and O–H groups in total. The maximum Gasteiger partial charge on any atom is 0.321 e. The van der Waals surface area contributed by atoms with Crippen LogP contribution in [-0.4, -0.2) is 44.2 Å². The van der Waals surface area contributed by atoms with Gasteiger partial charge in [0.05, 0.1) is 5.75 Å². The smallest absolute Gasteiger partial charge is 0.321 e. The van der Waals surface area contributed by atoms with Crippen LogP contribution in [0.1, 0.15) is 19.8 Å². The SMILES string of the molecule is CCC(C(=O)O)S(=O)(=O)CCCOC. The van der Waals surface area contributed by atoms with Crippen molar-refractivity contribution in [2.75, 3.05) is 19.5 Å². The zero-order chi connectivity index (χ0) is 11.2. The zero-order valence-corrected chi connectivity index (χ0v) is 9.21. The van der Waals surface area contributed by atoms with Crippen molar-refractivity contribution in [1.29, 1.82) is 0 Å². The summed E-state index contributed by atoms with van der Waals surface area (Å²) in [6, 6.07) is 0. The molecule has 0 saturated heterocycles. The standard InChI is InChI=1S/C8H16O5S/c1-3-7(8(9)10)14(11,12)6-4-5-13-2/h7H,3-6H2,1-2H3,(H,9,10). The van der Waals surface area contributed by atoms with Gasteiger partial charge in [-0.25, -0.2) is 8.42 Å². The Morgan fingerprint density at radius 1 is 1.50 bits per heavy atom. The van der Waals surface area contributed by atoms with Crippen molar-refractivity contribution in [3.8, 4) is 0 Å². The summed E-state index contributed by atoms with van der Waals surface area (Å²) >= 11 is 0. The molecule has 0 heterocycles. The van der Waals surface area contributed by atoms with Crippen molar-refractivity contribution in [1.82, 2.24) is 0 Å². The van der Waals surface area contributed by atoms with E-state index in [2.05, 4.69) is 0 Å². The first kappa shape index (κ1) is 13.4. The molecule has 84 valence electrons. The largest absolute Gasteiger partial charge is 0.480 e. The van der Waals surface area contributed by atoms with Crippen LogP contribution in [-0.2, 0) is 19.4 Å². The third kappa shape index (κ3) is 4.06. The Balaban J connectivity index is 4.35. The van der Waals surface area contributed by atoms with Gasteiger partial charge >= 0.3 is 5.97 Å². The second-order valence-corrected chi connectivity index (χ2v) is 5.25. The summed E-state index contributed by atoms with van der Waals surface area (Å²) in [6.45, 7) is 1.88. The molecule has 0 aliphatic rings. The summed E-state index contributed by atoms with van der Waals surface area (Å²) in [7, 11) is -2.05. The molecule has 0 fully saturated rings. The van der Waals surface area contributed by atoms with Gasteiger partial charge in [0.1, 0.15) is 0 Å². The number of methoxy groups -OCH3 is 1. The summed E-state index contributed by atoms with van der Waals surface area (Å²) < 4.78 is 27.6. The molecule has 0 aromatic rings. The molecule has 0 aliphatic heterocycles. The van der Waals surface area contributed by atoms with Crippen molar-refractivity contribution in [3.05, 3.63) is 0 Å². The van der Waals surface area contributed by atoms with Crippen molar-refractivity contribution in [2.45, 2.75) is 25.0 Å². The molecule has 0 amide bonds. The molecule has 0 aromatic carbocycles. The number of rotatable bonds is 7. The lowest BCUT2D eigenvalue weighted by Gasteiger charge is -2.10. The fraction of sp³-hybridized carbons (Fsp3) is 0.875. The van der Waals surface area contributed by atoms with E-state index < -0.39 is 21.1 Å². The Morgan fingerprint density at radius 3 is 2.43 bits per heavy atom. The van der Waals surface area contributed by atoms with Gasteiger partial charge in [-0.15, -0.1) is 0 Å². The summed E-state index contributed by atoms with van der Waals surface area (Å²) in [5.41, 5.74) is 0. The van der Waals surface area contributed by atoms with Gasteiger partial charge in [-0.2, -0.15) is 0 Å². The van der Waals surface area contributed by atoms with Crippen LogP contribution in [0.25, 0.3) is 0 Å². The number of hydrogen-bond donors (Lipinski definition) is 1. The van der Waals surface area contributed by atoms with Crippen molar-refractivity contribution < 1.29 is 23.1 Å². The van der Waals surface area contributed by atoms with Crippen molar-refractivity contribution in [2.24, 2.45) is 0 Å². The van der Waals surface area contributed by atoms with E-state index in [-0.39, 0.29) is 12.2 Å². The molecule has 1 unspecified atom stereocenters. The van der Waals surface area contributed by atoms with E-state index in [9.17, 15) is 13.2 Å². The van der Waals surface area contributed by atoms with Crippen LogP contribution in [0, 0.1) is 0 Å². The first-order chi connectivity index (χ1) is 6.45. The lowest BCUT2D eigenvalue weighted by Crippen LogP contribution is -2.31. The van der Waals surface area contributed by atoms with E-state index >= 15 is 0 Å². The van der Waals surface area contributed by atoms with Gasteiger partial charge in [0.25, 0.3) is 0 Å². The summed E-state index contributed by atoms with van der Waals surface area (Å²) in [5, 5.41) is 7.38. The molecule has 0 spiro atoms. The van der Waals surface area contributed by atoms with Crippen LogP contribution in [0.15, 0.2) is 0 Å². The molecule has 5 nitrogen and oxygen atoms in total. The van der Waals surface area contributed by atoms with E-state index in [1.54, 1.807) is 6.92 Å². The van der Waals surface area contributed by atoms with Gasteiger partial charge < -0.3 is 9.84 Å². The molecule has 0 aromatic heterocycles. The minimum Gasteiger partial charge on any atom is -0.480 e. The van der Waals surface area contributed by atoms with Crippen molar-refractivity contribution in [3.63, 3.8) is 0 Å². The third-order valence-corrected chi connectivity index (χ3v) is 4.12. The third-order valence-electron chi connectivity index (χ3n) is 1.86. The maximum atomic E-state index is 11.4. The second-order valence-electron chi connectivity index (χ2n) is 2.95. The minimum atomic E-state index is -3.52. The molecule has 0 bridgehead atoms. The van der Waals surface area contributed by atoms with Gasteiger partial charge in [-0.3, -0.25) is 4.79 Å². The van der Waals surface area contributed by atoms with E-state index in [4.69, 9.17) is 9.84 Å². The Kier molecular flexibility index (Phi) is 5.71. The van der Waals surface area contributed by atoms with Gasteiger partial charge in [-0.1, -0.05) is 6.92 Å². The van der Waals surface area contributed by atoms with Crippen LogP contribution >= 0.6 is 0 Å². The van der Waals surface area contributed by atoms with E-state index in [0.29, 0.717) is 13.0 Å². The Labute approximate surface area is 84.0 Å². The highest BCUT2D eigenvalue weighted by molar-refractivity contribution is 7.92. The van der Waals surface area contributed by atoms with E-state index in [1.165, 1.54) is 7.11 Å². The van der Waals surface area contributed by atoms with Crippen LogP contribution < -0.4 is 0 Å². The summed E-state index contributed by atoms with van der Waals surface area (Å²) in [6.07, 6.45) is 0.438. The van der Waals surface area contributed by atoms with Crippen LogP contribution in [0.4, 0.5) is 0 Å². The number of aliphatic carboxylic acids is 1. The Hall–Kier alpha value is -0.620. The monoisotopic (exact) mass is 224 g/mol. The average molecular weight is 224 g/mol. The van der Waals surface area contributed by atoms with E-state index in [0.717, 1.165) is 0 Å². The highest BCUT2D eigenvalue weighted by atomic mass is 32.2. The molecule has 14 heavy (non-hydrogen) atoms. The molecule has 1 atom stereocenters. The average Bonchev–Trinajstić information content (AvgIpc) is 2.04. The lowest BCUT2D eigenvalue weighted by atomic mass is 10.3. The molecule has 0 saturated carbocycles. The molecular formula is C8H16O5S. The van der Waals surface area contributed by atoms with Gasteiger partial charge in [0, 0.05) is 13.7 Å². The van der Waals surface area contributed by atoms with Crippen molar-refractivity contribution >= 4 is 15.8 Å². The lowest BCUT2D eigenvalue weighted by molar-refractivity contribution is -0.136. The fourth-order valence-electron chi connectivity index (χ4n) is 1.13. The molecule has 0 rings (SSSR count). The number of carbonyl (C=O) groups is 1. The van der Waals surface area contributed by atoms with E-state index in [1.807, 2.05) is 0 Å². The number of sulfone groups is 1. The first-order valence-electron chi connectivity index (χ1n) is 4.39. The number of ether oxygens (including phenoxy) is 1. The predicted molar refractivity (Wildman–Crippen MR) is 52.0 cm³/mol. The molecule has 6 heteroatoms. The highest BCUT2D eigenvalue weighted by Crippen LogP contribution is 2.08. The maximum absolute atomic E-state index is 11.4. The molecule has 0 aliphatic carbocycles. The highest BCUT2D eigenvalue weighted by Gasteiger charge is 2.29. The Bertz CT molecular complexity index is 269. The topological polar surface area (TPSA) is 80.7 Å². The zero-order valence-electron chi connectivity index (χ0n) is 8.39. The fourth-order valence-corrected chi connectivity index (χ4v) is 2.75.